The van der Waals surface area contributed by atoms with Crippen LogP contribution in [-0.2, 0) is 16.2 Å². The van der Waals surface area contributed by atoms with Gasteiger partial charge in [-0.2, -0.15) is 0 Å². The fourth-order valence-corrected chi connectivity index (χ4v) is 17.1. The van der Waals surface area contributed by atoms with E-state index in [0.717, 1.165) is 29.2 Å². The van der Waals surface area contributed by atoms with E-state index in [2.05, 4.69) is 196 Å². The van der Waals surface area contributed by atoms with Crippen molar-refractivity contribution in [2.75, 3.05) is 9.80 Å². The van der Waals surface area contributed by atoms with Gasteiger partial charge in [-0.05, 0) is 150 Å². The summed E-state index contributed by atoms with van der Waals surface area (Å²) in [4.78, 5) is 5.71. The van der Waals surface area contributed by atoms with Gasteiger partial charge in [0.1, 0.15) is 0 Å². The largest absolute Gasteiger partial charge is 0.334 e. The van der Waals surface area contributed by atoms with Gasteiger partial charge >= 0.3 is 0 Å². The Morgan fingerprint density at radius 2 is 1.04 bits per heavy atom. The highest BCUT2D eigenvalue weighted by atomic mass is 15.3. The second kappa shape index (κ2) is 15.2. The highest BCUT2D eigenvalue weighted by Gasteiger charge is 2.63. The first-order valence-electron chi connectivity index (χ1n) is 26.6. The van der Waals surface area contributed by atoms with Crippen LogP contribution in [0.5, 0.6) is 0 Å². The molecule has 9 unspecified atom stereocenters. The molecule has 0 saturated heterocycles. The molecule has 6 aromatic rings. The topological polar surface area (TPSA) is 6.48 Å². The van der Waals surface area contributed by atoms with Gasteiger partial charge in [0.05, 0.1) is 16.5 Å². The average molecular weight is 891 g/mol. The van der Waals surface area contributed by atoms with Crippen LogP contribution < -0.4 is 9.80 Å². The van der Waals surface area contributed by atoms with Crippen LogP contribution in [-0.4, -0.2) is 11.1 Å². The Bertz CT molecular complexity index is 3080. The van der Waals surface area contributed by atoms with Crippen molar-refractivity contribution in [1.29, 1.82) is 0 Å². The average Bonchev–Trinajstić information content (AvgIpc) is 3.84. The van der Waals surface area contributed by atoms with Gasteiger partial charge in [-0.25, -0.2) is 0 Å². The SMILES string of the molecule is C=C(/C=C\C=C/C)C1(c2ccccc2)c2cc(N3c4ccccc4C4(C)CC5CCCCC5CC34C)ccc2-c2c1cc(N1c3ccccc3C3(C)CC4CCCCC4CC13C)c1ccccc21. The van der Waals surface area contributed by atoms with Crippen LogP contribution in [0.15, 0.2) is 164 Å². The monoisotopic (exact) mass is 891 g/mol. The van der Waals surface area contributed by atoms with Gasteiger partial charge in [0, 0.05) is 39.0 Å². The van der Waals surface area contributed by atoms with Crippen molar-refractivity contribution >= 4 is 33.5 Å². The number of para-hydroxylation sites is 2. The van der Waals surface area contributed by atoms with E-state index in [1.807, 2.05) is 0 Å². The van der Waals surface area contributed by atoms with Crippen LogP contribution in [0.2, 0.25) is 0 Å². The molecule has 0 amide bonds. The quantitative estimate of drug-likeness (QED) is 0.154. The van der Waals surface area contributed by atoms with Crippen molar-refractivity contribution < 1.29 is 0 Å². The molecule has 2 nitrogen and oxygen atoms in total. The number of hydrogen-bond donors (Lipinski definition) is 0. The van der Waals surface area contributed by atoms with E-state index in [1.54, 1.807) is 0 Å². The van der Waals surface area contributed by atoms with E-state index in [4.69, 9.17) is 6.58 Å². The normalized spacial score (nSPS) is 33.1. The van der Waals surface area contributed by atoms with E-state index in [9.17, 15) is 0 Å². The molecule has 13 rings (SSSR count). The zero-order chi connectivity index (χ0) is 46.2. The fourth-order valence-electron chi connectivity index (χ4n) is 17.1. The molecular weight excluding hydrogens is 821 g/mol. The summed E-state index contributed by atoms with van der Waals surface area (Å²) in [6.07, 6.45) is 24.8. The van der Waals surface area contributed by atoms with Crippen molar-refractivity contribution in [1.82, 2.24) is 0 Å². The summed E-state index contributed by atoms with van der Waals surface area (Å²) in [7, 11) is 0. The molecule has 0 N–H and O–H groups in total. The second-order valence-corrected chi connectivity index (χ2v) is 23.5. The molecule has 6 aromatic carbocycles. The van der Waals surface area contributed by atoms with Gasteiger partial charge in [-0.1, -0.05) is 193 Å². The molecule has 9 atom stereocenters. The first-order chi connectivity index (χ1) is 33.1. The fraction of sp³-hybridized carbons (Fsp3) is 0.394. The van der Waals surface area contributed by atoms with Gasteiger partial charge in [-0.3, -0.25) is 0 Å². The van der Waals surface area contributed by atoms with E-state index in [-0.39, 0.29) is 21.9 Å². The molecule has 4 fully saturated rings. The Labute approximate surface area is 406 Å². The summed E-state index contributed by atoms with van der Waals surface area (Å²) in [6, 6.07) is 50.2. The van der Waals surface area contributed by atoms with Gasteiger partial charge in [0.15, 0.2) is 0 Å². The Balaban J connectivity index is 1.08. The lowest BCUT2D eigenvalue weighted by atomic mass is 9.53. The third-order valence-corrected chi connectivity index (χ3v) is 20.5. The lowest BCUT2D eigenvalue weighted by Gasteiger charge is -2.56. The first-order valence-corrected chi connectivity index (χ1v) is 26.6. The summed E-state index contributed by atoms with van der Waals surface area (Å²) < 4.78 is 0. The van der Waals surface area contributed by atoms with Crippen molar-refractivity contribution in [3.8, 4) is 11.1 Å². The summed E-state index contributed by atoms with van der Waals surface area (Å²) in [5.41, 5.74) is 15.5. The van der Waals surface area contributed by atoms with Crippen LogP contribution in [0.25, 0.3) is 21.9 Å². The molecule has 4 saturated carbocycles. The first kappa shape index (κ1) is 42.5. The number of anilines is 4. The maximum Gasteiger partial charge on any atom is 0.0709 e. The maximum absolute atomic E-state index is 5.18. The minimum atomic E-state index is -0.659. The maximum atomic E-state index is 5.18. The Kier molecular flexibility index (Phi) is 9.50. The predicted octanol–water partition coefficient (Wildman–Crippen LogP) is 17.4. The Hall–Kier alpha value is -5.60. The van der Waals surface area contributed by atoms with E-state index < -0.39 is 5.41 Å². The standard InChI is InChI=1S/C66H70N2/c1-7-8-10-23-44(2)66(49-28-11-9-12-29-49)56-38-50(67-58-34-21-19-32-54(58)62(3)40-45-24-13-15-26-47(45)42-64(62,67)5)36-37-53(56)61-52-31-18-17-30-51(52)60(39-57(61)66)68-59-35-22-20-33-55(59)63(4)41-46-25-14-16-27-48(46)43-65(63,68)6/h7-12,17-23,28-39,45-48H,2,13-16,24-27,40-43H2,1,3-6H3/b8-7-,23-10-. The number of allylic oxidation sites excluding steroid dienone is 5. The lowest BCUT2D eigenvalue weighted by molar-refractivity contribution is 0.0581. The lowest BCUT2D eigenvalue weighted by Crippen LogP contribution is -2.59. The van der Waals surface area contributed by atoms with Gasteiger partial charge < -0.3 is 9.80 Å². The van der Waals surface area contributed by atoms with Crippen LogP contribution >= 0.6 is 0 Å². The van der Waals surface area contributed by atoms with E-state index >= 15 is 0 Å². The van der Waals surface area contributed by atoms with Crippen molar-refractivity contribution in [2.24, 2.45) is 23.7 Å². The van der Waals surface area contributed by atoms with Crippen LogP contribution in [0, 0.1) is 23.7 Å². The highest BCUT2D eigenvalue weighted by molar-refractivity contribution is 6.11. The minimum Gasteiger partial charge on any atom is -0.334 e. The number of nitrogens with zero attached hydrogens (tertiary/aromatic N) is 2. The van der Waals surface area contributed by atoms with Crippen LogP contribution in [0.4, 0.5) is 22.7 Å². The molecule has 2 heteroatoms. The predicted molar refractivity (Wildman–Crippen MR) is 287 cm³/mol. The van der Waals surface area contributed by atoms with Gasteiger partial charge in [0.2, 0.25) is 0 Å². The molecular formula is C66H70N2. The molecule has 7 aliphatic rings. The van der Waals surface area contributed by atoms with E-state index in [1.165, 1.54) is 150 Å². The van der Waals surface area contributed by atoms with Gasteiger partial charge in [0.25, 0.3) is 0 Å². The van der Waals surface area contributed by atoms with Crippen LogP contribution in [0.1, 0.15) is 139 Å². The van der Waals surface area contributed by atoms with Crippen molar-refractivity contribution in [3.63, 3.8) is 0 Å². The summed E-state index contributed by atoms with van der Waals surface area (Å²) >= 11 is 0. The number of fused-ring (bicyclic) bond motifs is 13. The summed E-state index contributed by atoms with van der Waals surface area (Å²) in [6.45, 7) is 17.8. The summed E-state index contributed by atoms with van der Waals surface area (Å²) in [5.74, 6) is 3.14. The molecule has 2 aliphatic heterocycles. The second-order valence-electron chi connectivity index (χ2n) is 23.5. The third kappa shape index (κ3) is 5.47. The molecule has 0 bridgehead atoms. The van der Waals surface area contributed by atoms with Crippen LogP contribution in [0.3, 0.4) is 0 Å². The number of hydrogen-bond acceptors (Lipinski definition) is 2. The molecule has 2 heterocycles. The molecule has 68 heavy (non-hydrogen) atoms. The Morgan fingerprint density at radius 3 is 1.66 bits per heavy atom. The molecule has 0 aromatic heterocycles. The molecule has 5 aliphatic carbocycles. The summed E-state index contributed by atoms with van der Waals surface area (Å²) in [5, 5.41) is 2.67. The van der Waals surface area contributed by atoms with Crippen molar-refractivity contribution in [2.45, 2.75) is 139 Å². The smallest absolute Gasteiger partial charge is 0.0709 e. The highest BCUT2D eigenvalue weighted by Crippen LogP contribution is 2.69. The Morgan fingerprint density at radius 1 is 0.515 bits per heavy atom. The van der Waals surface area contributed by atoms with Gasteiger partial charge in [-0.15, -0.1) is 0 Å². The number of rotatable bonds is 6. The molecule has 0 spiro atoms. The molecule has 344 valence electrons. The third-order valence-electron chi connectivity index (χ3n) is 20.5. The molecule has 0 radical (unpaired) electrons. The number of benzene rings is 6. The van der Waals surface area contributed by atoms with Crippen molar-refractivity contribution in [3.05, 3.63) is 192 Å². The zero-order valence-electron chi connectivity index (χ0n) is 41.3. The van der Waals surface area contributed by atoms with E-state index in [0.29, 0.717) is 0 Å². The minimum absolute atomic E-state index is 0.0306. The zero-order valence-corrected chi connectivity index (χ0v) is 41.3.